The Balaban J connectivity index is 2.14. The maximum atomic E-state index is 13.0. The van der Waals surface area contributed by atoms with Crippen molar-refractivity contribution in [1.82, 2.24) is 4.90 Å². The molecule has 0 aliphatic heterocycles. The summed E-state index contributed by atoms with van der Waals surface area (Å²) in [5, 5.41) is 0. The van der Waals surface area contributed by atoms with E-state index in [1.807, 2.05) is 48.5 Å². The van der Waals surface area contributed by atoms with Gasteiger partial charge in [0.25, 0.3) is 0 Å². The Hall–Kier alpha value is -3.03. The van der Waals surface area contributed by atoms with Crippen LogP contribution in [0.5, 0.6) is 0 Å². The van der Waals surface area contributed by atoms with Gasteiger partial charge in [0.15, 0.2) is 0 Å². The highest BCUT2D eigenvalue weighted by Crippen LogP contribution is 2.14. The number of imide groups is 1. The minimum Gasteiger partial charge on any atom is -0.444 e. The molecule has 0 aliphatic carbocycles. The number of amides is 2. The van der Waals surface area contributed by atoms with Gasteiger partial charge in [-0.15, -0.1) is 0 Å². The van der Waals surface area contributed by atoms with Crippen molar-refractivity contribution in [2.75, 3.05) is 6.54 Å². The first-order valence-electron chi connectivity index (χ1n) is 9.97. The van der Waals surface area contributed by atoms with Crippen molar-refractivity contribution < 1.29 is 19.1 Å². The maximum absolute atomic E-state index is 13.0. The maximum Gasteiger partial charge on any atom is 0.417 e. The Morgan fingerprint density at radius 2 is 1.57 bits per heavy atom. The summed E-state index contributed by atoms with van der Waals surface area (Å²) in [7, 11) is 0. The quantitative estimate of drug-likeness (QED) is 0.549. The standard InChI is InChI=1S/C23H28N3O4/c24-14-8-7-13-20(16-27)26(23(29)30-17-19-11-5-2-6-12-19)22(28)21(25)15-18-9-3-1-4-10-18/h1-6,9-12,20-21H,7-8,13-15,17,24-25H2/t20-,21-/m1/s1. The summed E-state index contributed by atoms with van der Waals surface area (Å²) in [4.78, 5) is 38.2. The molecule has 7 heteroatoms. The van der Waals surface area contributed by atoms with Crippen LogP contribution in [0.3, 0.4) is 0 Å². The van der Waals surface area contributed by atoms with Crippen LogP contribution in [0, 0.1) is 0 Å². The lowest BCUT2D eigenvalue weighted by Crippen LogP contribution is -2.53. The van der Waals surface area contributed by atoms with Crippen molar-refractivity contribution in [2.45, 2.75) is 44.4 Å². The van der Waals surface area contributed by atoms with Gasteiger partial charge in [-0.05, 0) is 43.4 Å². The van der Waals surface area contributed by atoms with Gasteiger partial charge in [-0.25, -0.2) is 9.69 Å². The zero-order valence-electron chi connectivity index (χ0n) is 16.9. The predicted molar refractivity (Wildman–Crippen MR) is 114 cm³/mol. The lowest BCUT2D eigenvalue weighted by atomic mass is 10.0. The molecule has 0 spiro atoms. The van der Waals surface area contributed by atoms with Crippen LogP contribution in [-0.4, -0.2) is 41.8 Å². The van der Waals surface area contributed by atoms with E-state index in [0.29, 0.717) is 19.4 Å². The minimum atomic E-state index is -1.07. The number of benzene rings is 2. The molecule has 2 aromatic carbocycles. The SMILES string of the molecule is NCCCC[C@H]([C]=O)N(C(=O)OCc1ccccc1)C(=O)[C@H](N)Cc1ccccc1. The van der Waals surface area contributed by atoms with Crippen LogP contribution in [0.4, 0.5) is 4.79 Å². The molecule has 30 heavy (non-hydrogen) atoms. The highest BCUT2D eigenvalue weighted by molar-refractivity contribution is 5.97. The number of hydrogen-bond donors (Lipinski definition) is 2. The number of hydrogen-bond acceptors (Lipinski definition) is 6. The molecular weight excluding hydrogens is 382 g/mol. The molecule has 159 valence electrons. The molecule has 0 bridgehead atoms. The number of carbonyl (C=O) groups excluding carboxylic acids is 3. The third kappa shape index (κ3) is 7.09. The van der Waals surface area contributed by atoms with Gasteiger partial charge in [0.05, 0.1) is 6.04 Å². The first kappa shape index (κ1) is 23.3. The van der Waals surface area contributed by atoms with Gasteiger partial charge in [0.2, 0.25) is 12.2 Å². The minimum absolute atomic E-state index is 0.0221. The molecular formula is C23H28N3O4. The third-order valence-corrected chi connectivity index (χ3v) is 4.63. The molecule has 2 amide bonds. The summed E-state index contributed by atoms with van der Waals surface area (Å²) in [6, 6.07) is 16.2. The van der Waals surface area contributed by atoms with Gasteiger partial charge >= 0.3 is 6.09 Å². The molecule has 0 unspecified atom stereocenters. The number of carbonyl (C=O) groups is 2. The van der Waals surface area contributed by atoms with E-state index in [9.17, 15) is 14.4 Å². The van der Waals surface area contributed by atoms with Crippen molar-refractivity contribution in [2.24, 2.45) is 11.5 Å². The monoisotopic (exact) mass is 410 g/mol. The van der Waals surface area contributed by atoms with Crippen LogP contribution in [0.2, 0.25) is 0 Å². The zero-order valence-corrected chi connectivity index (χ0v) is 16.9. The van der Waals surface area contributed by atoms with E-state index in [1.165, 1.54) is 0 Å². The third-order valence-electron chi connectivity index (χ3n) is 4.63. The van der Waals surface area contributed by atoms with Crippen molar-refractivity contribution in [3.8, 4) is 0 Å². The number of nitrogens with two attached hydrogens (primary N) is 2. The number of nitrogens with zero attached hydrogens (tertiary/aromatic N) is 1. The summed E-state index contributed by atoms with van der Waals surface area (Å²) in [6.45, 7) is 0.428. The van der Waals surface area contributed by atoms with E-state index in [0.717, 1.165) is 16.0 Å². The second-order valence-electron chi connectivity index (χ2n) is 6.96. The van der Waals surface area contributed by atoms with Crippen LogP contribution < -0.4 is 11.5 Å². The summed E-state index contributed by atoms with van der Waals surface area (Å²) in [5.41, 5.74) is 13.2. The lowest BCUT2D eigenvalue weighted by Gasteiger charge is -2.27. The van der Waals surface area contributed by atoms with Crippen LogP contribution in [0.1, 0.15) is 30.4 Å². The molecule has 0 aliphatic rings. The molecule has 0 saturated carbocycles. The van der Waals surface area contributed by atoms with Gasteiger partial charge in [0.1, 0.15) is 12.6 Å². The molecule has 1 radical (unpaired) electrons. The van der Waals surface area contributed by atoms with Crippen LogP contribution in [0.25, 0.3) is 0 Å². The van der Waals surface area contributed by atoms with Crippen molar-refractivity contribution in [3.63, 3.8) is 0 Å². The smallest absolute Gasteiger partial charge is 0.417 e. The summed E-state index contributed by atoms with van der Waals surface area (Å²) in [6.07, 6.45) is 2.61. The Bertz CT molecular complexity index is 799. The summed E-state index contributed by atoms with van der Waals surface area (Å²) >= 11 is 0. The van der Waals surface area contributed by atoms with Crippen LogP contribution >= 0.6 is 0 Å². The molecule has 0 saturated heterocycles. The van der Waals surface area contributed by atoms with Gasteiger partial charge in [-0.3, -0.25) is 9.59 Å². The summed E-state index contributed by atoms with van der Waals surface area (Å²) in [5.74, 6) is -0.669. The Morgan fingerprint density at radius 1 is 0.967 bits per heavy atom. The molecule has 2 atom stereocenters. The van der Waals surface area contributed by atoms with Gasteiger partial charge in [-0.2, -0.15) is 0 Å². The second kappa shape index (κ2) is 12.5. The van der Waals surface area contributed by atoms with E-state index in [2.05, 4.69) is 0 Å². The fraction of sp³-hybridized carbons (Fsp3) is 0.348. The summed E-state index contributed by atoms with van der Waals surface area (Å²) < 4.78 is 5.31. The molecule has 0 fully saturated rings. The van der Waals surface area contributed by atoms with E-state index in [-0.39, 0.29) is 19.4 Å². The lowest BCUT2D eigenvalue weighted by molar-refractivity contribution is -0.132. The van der Waals surface area contributed by atoms with Crippen molar-refractivity contribution in [1.29, 1.82) is 0 Å². The van der Waals surface area contributed by atoms with Gasteiger partial charge < -0.3 is 16.2 Å². The molecule has 0 aromatic heterocycles. The number of ether oxygens (including phenoxy) is 1. The molecule has 0 heterocycles. The van der Waals surface area contributed by atoms with Gasteiger partial charge in [0, 0.05) is 0 Å². The highest BCUT2D eigenvalue weighted by atomic mass is 16.6. The van der Waals surface area contributed by atoms with Gasteiger partial charge in [-0.1, -0.05) is 60.7 Å². The van der Waals surface area contributed by atoms with E-state index in [1.54, 1.807) is 18.4 Å². The van der Waals surface area contributed by atoms with E-state index in [4.69, 9.17) is 16.2 Å². The molecule has 7 nitrogen and oxygen atoms in total. The molecule has 2 rings (SSSR count). The topological polar surface area (TPSA) is 116 Å². The van der Waals surface area contributed by atoms with E-state index < -0.39 is 24.1 Å². The Morgan fingerprint density at radius 3 is 2.13 bits per heavy atom. The normalized spacial score (nSPS) is 12.6. The van der Waals surface area contributed by atoms with Crippen LogP contribution in [0.15, 0.2) is 60.7 Å². The number of rotatable bonds is 11. The first-order chi connectivity index (χ1) is 14.6. The number of unbranched alkanes of at least 4 members (excludes halogenated alkanes) is 1. The van der Waals surface area contributed by atoms with E-state index >= 15 is 0 Å². The largest absolute Gasteiger partial charge is 0.444 e. The van der Waals surface area contributed by atoms with Crippen molar-refractivity contribution >= 4 is 18.3 Å². The Kier molecular flexibility index (Phi) is 9.70. The first-order valence-corrected chi connectivity index (χ1v) is 9.97. The van der Waals surface area contributed by atoms with Crippen LogP contribution in [-0.2, 0) is 27.4 Å². The molecule has 4 N–H and O–H groups in total. The average molecular weight is 410 g/mol. The van der Waals surface area contributed by atoms with Crippen molar-refractivity contribution in [3.05, 3.63) is 71.8 Å². The highest BCUT2D eigenvalue weighted by Gasteiger charge is 2.34. The zero-order chi connectivity index (χ0) is 21.8. The fourth-order valence-corrected chi connectivity index (χ4v) is 3.02. The second-order valence-corrected chi connectivity index (χ2v) is 6.96. The Labute approximate surface area is 177 Å². The fourth-order valence-electron chi connectivity index (χ4n) is 3.02. The predicted octanol–water partition coefficient (Wildman–Crippen LogP) is 2.33. The molecule has 2 aromatic rings. The average Bonchev–Trinajstić information content (AvgIpc) is 2.78.